The van der Waals surface area contributed by atoms with Crippen molar-refractivity contribution in [2.24, 2.45) is 5.92 Å². The third-order valence-electron chi connectivity index (χ3n) is 5.52. The number of carbonyl (C=O) groups is 1. The summed E-state index contributed by atoms with van der Waals surface area (Å²) in [5.41, 5.74) is 1.00. The Morgan fingerprint density at radius 2 is 1.73 bits per heavy atom. The molecule has 1 N–H and O–H groups in total. The first-order chi connectivity index (χ1) is 14.3. The number of methoxy groups -OCH3 is 1. The zero-order valence-electron chi connectivity index (χ0n) is 17.2. The van der Waals surface area contributed by atoms with Crippen molar-refractivity contribution in [1.82, 2.24) is 9.62 Å². The second-order valence-corrected chi connectivity index (χ2v) is 9.31. The topological polar surface area (TPSA) is 75.7 Å². The minimum absolute atomic E-state index is 0.0588. The average Bonchev–Trinajstić information content (AvgIpc) is 2.78. The van der Waals surface area contributed by atoms with Gasteiger partial charge in [-0.15, -0.1) is 0 Å². The van der Waals surface area contributed by atoms with E-state index < -0.39 is 15.8 Å². The van der Waals surface area contributed by atoms with Crippen molar-refractivity contribution in [1.29, 1.82) is 0 Å². The van der Waals surface area contributed by atoms with E-state index in [9.17, 15) is 17.6 Å². The molecule has 6 nitrogen and oxygen atoms in total. The van der Waals surface area contributed by atoms with Gasteiger partial charge in [-0.05, 0) is 61.2 Å². The molecule has 1 unspecified atom stereocenters. The third-order valence-corrected chi connectivity index (χ3v) is 7.43. The van der Waals surface area contributed by atoms with Crippen LogP contribution >= 0.6 is 0 Å². The molecule has 3 rings (SSSR count). The molecule has 0 aliphatic carbocycles. The molecule has 1 amide bonds. The van der Waals surface area contributed by atoms with Gasteiger partial charge in [-0.3, -0.25) is 4.79 Å². The van der Waals surface area contributed by atoms with Crippen LogP contribution in [0.1, 0.15) is 37.8 Å². The highest BCUT2D eigenvalue weighted by molar-refractivity contribution is 7.89. The number of benzene rings is 2. The first kappa shape index (κ1) is 22.2. The Kier molecular flexibility index (Phi) is 7.10. The van der Waals surface area contributed by atoms with E-state index in [1.54, 1.807) is 7.11 Å². The van der Waals surface area contributed by atoms with Gasteiger partial charge in [-0.25, -0.2) is 12.8 Å². The van der Waals surface area contributed by atoms with Crippen LogP contribution in [0, 0.1) is 11.7 Å². The van der Waals surface area contributed by atoms with Crippen LogP contribution in [0.3, 0.4) is 0 Å². The van der Waals surface area contributed by atoms with Gasteiger partial charge < -0.3 is 10.1 Å². The quantitative estimate of drug-likeness (QED) is 0.724. The first-order valence-corrected chi connectivity index (χ1v) is 11.5. The molecule has 2 aromatic rings. The molecule has 8 heteroatoms. The molecule has 2 aromatic carbocycles. The summed E-state index contributed by atoms with van der Waals surface area (Å²) >= 11 is 0. The summed E-state index contributed by atoms with van der Waals surface area (Å²) in [7, 11) is -2.07. The number of nitrogens with one attached hydrogen (secondary N) is 1. The summed E-state index contributed by atoms with van der Waals surface area (Å²) < 4.78 is 45.1. The normalized spacial score (nSPS) is 16.8. The first-order valence-electron chi connectivity index (χ1n) is 10.0. The number of piperidine rings is 1. The second-order valence-electron chi connectivity index (χ2n) is 7.37. The molecule has 1 atom stereocenters. The number of hydrogen-bond donors (Lipinski definition) is 1. The second kappa shape index (κ2) is 9.57. The maximum Gasteiger partial charge on any atom is 0.243 e. The van der Waals surface area contributed by atoms with E-state index in [4.69, 9.17) is 4.74 Å². The van der Waals surface area contributed by atoms with Crippen LogP contribution in [0.2, 0.25) is 0 Å². The summed E-state index contributed by atoms with van der Waals surface area (Å²) in [6.07, 6.45) is 1.65. The highest BCUT2D eigenvalue weighted by Gasteiger charge is 2.32. The lowest BCUT2D eigenvalue weighted by Crippen LogP contribution is -2.43. The highest BCUT2D eigenvalue weighted by Crippen LogP contribution is 2.26. The standard InChI is InChI=1S/C22H27FN2O4S/c1-3-21(16-4-8-19(29-2)9-5-16)24-22(26)17-12-14-25(15-13-17)30(27,28)20-10-6-18(23)7-11-20/h4-11,17,21H,3,12-15H2,1-2H3,(H,24,26). The predicted molar refractivity (Wildman–Crippen MR) is 112 cm³/mol. The summed E-state index contributed by atoms with van der Waals surface area (Å²) in [5, 5.41) is 3.09. The van der Waals surface area contributed by atoms with Crippen LogP contribution in [0.5, 0.6) is 5.75 Å². The molecule has 1 fully saturated rings. The zero-order valence-corrected chi connectivity index (χ0v) is 18.0. The number of amides is 1. The predicted octanol–water partition coefficient (Wildman–Crippen LogP) is 3.50. The lowest BCUT2D eigenvalue weighted by Gasteiger charge is -2.31. The van der Waals surface area contributed by atoms with Gasteiger partial charge in [0.25, 0.3) is 0 Å². The van der Waals surface area contributed by atoms with Crippen molar-refractivity contribution in [3.05, 3.63) is 59.9 Å². The van der Waals surface area contributed by atoms with Crippen molar-refractivity contribution in [2.75, 3.05) is 20.2 Å². The van der Waals surface area contributed by atoms with E-state index in [0.29, 0.717) is 12.8 Å². The molecule has 162 valence electrons. The monoisotopic (exact) mass is 434 g/mol. The van der Waals surface area contributed by atoms with E-state index >= 15 is 0 Å². The van der Waals surface area contributed by atoms with Gasteiger partial charge in [0, 0.05) is 19.0 Å². The summed E-state index contributed by atoms with van der Waals surface area (Å²) in [6, 6.07) is 12.3. The fourth-order valence-corrected chi connectivity index (χ4v) is 5.13. The largest absolute Gasteiger partial charge is 0.497 e. The van der Waals surface area contributed by atoms with Crippen LogP contribution in [0.4, 0.5) is 4.39 Å². The van der Waals surface area contributed by atoms with Crippen LogP contribution in [0.25, 0.3) is 0 Å². The van der Waals surface area contributed by atoms with Crippen molar-refractivity contribution in [3.63, 3.8) is 0 Å². The van der Waals surface area contributed by atoms with Crippen molar-refractivity contribution >= 4 is 15.9 Å². The molecule has 0 aromatic heterocycles. The number of ether oxygens (including phenoxy) is 1. The van der Waals surface area contributed by atoms with Crippen LogP contribution in [0.15, 0.2) is 53.4 Å². The molecule has 0 saturated carbocycles. The summed E-state index contributed by atoms with van der Waals surface area (Å²) in [4.78, 5) is 12.8. The minimum Gasteiger partial charge on any atom is -0.497 e. The molecular formula is C22H27FN2O4S. The molecule has 0 bridgehead atoms. The number of halogens is 1. The van der Waals surface area contributed by atoms with Crippen molar-refractivity contribution < 1.29 is 22.3 Å². The molecule has 1 saturated heterocycles. The van der Waals surface area contributed by atoms with Gasteiger partial charge in [-0.2, -0.15) is 4.31 Å². The summed E-state index contributed by atoms with van der Waals surface area (Å²) in [5.74, 6) is -0.0187. The maximum atomic E-state index is 13.1. The molecule has 1 aliphatic heterocycles. The van der Waals surface area contributed by atoms with E-state index in [1.165, 1.54) is 16.4 Å². The van der Waals surface area contributed by atoms with Crippen LogP contribution in [-0.2, 0) is 14.8 Å². The third kappa shape index (κ3) is 4.99. The Labute approximate surface area is 177 Å². The Morgan fingerprint density at radius 3 is 2.27 bits per heavy atom. The maximum absolute atomic E-state index is 13.1. The lowest BCUT2D eigenvalue weighted by molar-refractivity contribution is -0.126. The fraction of sp³-hybridized carbons (Fsp3) is 0.409. The Hall–Kier alpha value is -2.45. The van der Waals surface area contributed by atoms with Gasteiger partial charge >= 0.3 is 0 Å². The number of sulfonamides is 1. The summed E-state index contributed by atoms with van der Waals surface area (Å²) in [6.45, 7) is 2.53. The molecule has 0 spiro atoms. The SMILES string of the molecule is CCC(NC(=O)C1CCN(S(=O)(=O)c2ccc(F)cc2)CC1)c1ccc(OC)cc1. The van der Waals surface area contributed by atoms with Gasteiger partial charge in [0.05, 0.1) is 18.0 Å². The Bertz CT molecular complexity index is 954. The number of carbonyl (C=O) groups excluding carboxylic acids is 1. The van der Waals surface area contributed by atoms with E-state index in [1.807, 2.05) is 31.2 Å². The molecular weight excluding hydrogens is 407 g/mol. The number of rotatable bonds is 7. The highest BCUT2D eigenvalue weighted by atomic mass is 32.2. The van der Waals surface area contributed by atoms with E-state index in [2.05, 4.69) is 5.32 Å². The molecule has 1 aliphatic rings. The van der Waals surface area contributed by atoms with Gasteiger partial charge in [0.1, 0.15) is 11.6 Å². The average molecular weight is 435 g/mol. The van der Waals surface area contributed by atoms with Gasteiger partial charge in [-0.1, -0.05) is 19.1 Å². The zero-order chi connectivity index (χ0) is 21.7. The Balaban J connectivity index is 1.59. The van der Waals surface area contributed by atoms with Gasteiger partial charge in [0.15, 0.2) is 0 Å². The van der Waals surface area contributed by atoms with Gasteiger partial charge in [0.2, 0.25) is 15.9 Å². The molecule has 30 heavy (non-hydrogen) atoms. The minimum atomic E-state index is -3.68. The molecule has 1 heterocycles. The fourth-order valence-electron chi connectivity index (χ4n) is 3.66. The van der Waals surface area contributed by atoms with Crippen LogP contribution < -0.4 is 10.1 Å². The van der Waals surface area contributed by atoms with Crippen molar-refractivity contribution in [3.8, 4) is 5.75 Å². The van der Waals surface area contributed by atoms with E-state index in [-0.39, 0.29) is 35.9 Å². The number of nitrogens with zero attached hydrogens (tertiary/aromatic N) is 1. The number of hydrogen-bond acceptors (Lipinski definition) is 4. The Morgan fingerprint density at radius 1 is 1.13 bits per heavy atom. The van der Waals surface area contributed by atoms with Crippen LogP contribution in [-0.4, -0.2) is 38.8 Å². The van der Waals surface area contributed by atoms with E-state index in [0.717, 1.165) is 29.9 Å². The molecule has 0 radical (unpaired) electrons. The lowest BCUT2D eigenvalue weighted by atomic mass is 9.95. The van der Waals surface area contributed by atoms with Crippen molar-refractivity contribution in [2.45, 2.75) is 37.1 Å². The smallest absolute Gasteiger partial charge is 0.243 e.